The molecule has 0 saturated heterocycles. The summed E-state index contributed by atoms with van der Waals surface area (Å²) in [5.41, 5.74) is 3.17. The van der Waals surface area contributed by atoms with Crippen molar-refractivity contribution in [1.82, 2.24) is 9.97 Å². The van der Waals surface area contributed by atoms with Crippen molar-refractivity contribution >= 4 is 39.1 Å². The van der Waals surface area contributed by atoms with Gasteiger partial charge in [-0.15, -0.1) is 11.3 Å². The molecule has 4 aromatic rings. The van der Waals surface area contributed by atoms with E-state index < -0.39 is 0 Å². The molecule has 0 radical (unpaired) electrons. The van der Waals surface area contributed by atoms with Gasteiger partial charge in [-0.25, -0.2) is 14.4 Å². The fraction of sp³-hybridized carbons (Fsp3) is 0.136. The second kappa shape index (κ2) is 7.81. The third-order valence-electron chi connectivity index (χ3n) is 4.42. The van der Waals surface area contributed by atoms with Gasteiger partial charge in [0.1, 0.15) is 21.5 Å². The number of ketones is 1. The minimum absolute atomic E-state index is 0.0472. The molecule has 3 nitrogen and oxygen atoms in total. The Balaban J connectivity index is 1.67. The summed E-state index contributed by atoms with van der Waals surface area (Å²) in [5.74, 6) is 0.569. The van der Waals surface area contributed by atoms with Crippen molar-refractivity contribution in [2.75, 3.05) is 5.75 Å². The van der Waals surface area contributed by atoms with Crippen LogP contribution in [-0.2, 0) is 0 Å². The summed E-state index contributed by atoms with van der Waals surface area (Å²) in [6, 6.07) is 14.6. The van der Waals surface area contributed by atoms with Gasteiger partial charge in [0.2, 0.25) is 0 Å². The van der Waals surface area contributed by atoms with E-state index >= 15 is 0 Å². The Bertz CT molecular complexity index is 1170. The van der Waals surface area contributed by atoms with Gasteiger partial charge in [0.15, 0.2) is 5.78 Å². The topological polar surface area (TPSA) is 42.9 Å². The number of aryl methyl sites for hydroxylation is 2. The number of thioether (sulfide) groups is 1. The zero-order valence-electron chi connectivity index (χ0n) is 15.4. The van der Waals surface area contributed by atoms with Crippen LogP contribution in [0.1, 0.15) is 21.7 Å². The lowest BCUT2D eigenvalue weighted by Crippen LogP contribution is -2.04. The van der Waals surface area contributed by atoms with Gasteiger partial charge >= 0.3 is 0 Å². The largest absolute Gasteiger partial charge is 0.293 e. The van der Waals surface area contributed by atoms with E-state index in [4.69, 9.17) is 0 Å². The Morgan fingerprint density at radius 1 is 1.11 bits per heavy atom. The lowest BCUT2D eigenvalue weighted by molar-refractivity contribution is 0.102. The summed E-state index contributed by atoms with van der Waals surface area (Å²) in [6.45, 7) is 3.52. The van der Waals surface area contributed by atoms with Gasteiger partial charge < -0.3 is 0 Å². The number of rotatable bonds is 5. The molecule has 0 bridgehead atoms. The number of hydrogen-bond acceptors (Lipinski definition) is 5. The number of fused-ring (bicyclic) bond motifs is 1. The molecule has 2 heterocycles. The van der Waals surface area contributed by atoms with Crippen LogP contribution in [0.15, 0.2) is 58.9 Å². The Morgan fingerprint density at radius 2 is 1.89 bits per heavy atom. The molecule has 140 valence electrons. The van der Waals surface area contributed by atoms with E-state index in [2.05, 4.69) is 27.5 Å². The third-order valence-corrected chi connectivity index (χ3v) is 6.26. The summed E-state index contributed by atoms with van der Waals surface area (Å²) < 4.78 is 13.5. The van der Waals surface area contributed by atoms with Crippen LogP contribution >= 0.6 is 23.1 Å². The van der Waals surface area contributed by atoms with Crippen LogP contribution in [0.4, 0.5) is 4.39 Å². The van der Waals surface area contributed by atoms with Crippen molar-refractivity contribution in [3.8, 4) is 11.1 Å². The van der Waals surface area contributed by atoms with E-state index in [-0.39, 0.29) is 17.4 Å². The molecule has 0 aliphatic heterocycles. The minimum Gasteiger partial charge on any atom is -0.293 e. The highest BCUT2D eigenvalue weighted by molar-refractivity contribution is 8.00. The van der Waals surface area contributed by atoms with Crippen molar-refractivity contribution in [2.45, 2.75) is 18.9 Å². The predicted molar refractivity (Wildman–Crippen MR) is 114 cm³/mol. The molecule has 2 aromatic carbocycles. The minimum atomic E-state index is -0.303. The van der Waals surface area contributed by atoms with Gasteiger partial charge in [0.05, 0.1) is 11.1 Å². The summed E-state index contributed by atoms with van der Waals surface area (Å²) in [4.78, 5) is 22.7. The van der Waals surface area contributed by atoms with Crippen molar-refractivity contribution < 1.29 is 9.18 Å². The van der Waals surface area contributed by atoms with E-state index in [1.807, 2.05) is 25.1 Å². The molecule has 0 saturated carbocycles. The number of carbonyl (C=O) groups is 1. The molecule has 0 unspecified atom stereocenters. The highest BCUT2D eigenvalue weighted by Gasteiger charge is 2.16. The highest BCUT2D eigenvalue weighted by atomic mass is 32.2. The quantitative estimate of drug-likeness (QED) is 0.228. The molecule has 0 amide bonds. The van der Waals surface area contributed by atoms with Crippen LogP contribution in [0.2, 0.25) is 0 Å². The molecule has 0 atom stereocenters. The maximum atomic E-state index is 13.5. The number of Topliss-reactive ketones (excluding diaryl/α,β-unsaturated/α-hetero) is 1. The van der Waals surface area contributed by atoms with E-state index in [9.17, 15) is 9.18 Å². The van der Waals surface area contributed by atoms with Crippen molar-refractivity contribution in [1.29, 1.82) is 0 Å². The van der Waals surface area contributed by atoms with Crippen molar-refractivity contribution in [2.24, 2.45) is 0 Å². The lowest BCUT2D eigenvalue weighted by Gasteiger charge is -2.07. The second-order valence-electron chi connectivity index (χ2n) is 6.45. The summed E-state index contributed by atoms with van der Waals surface area (Å²) in [5, 5.41) is 3.87. The average Bonchev–Trinajstić information content (AvgIpc) is 3.12. The number of hydrogen-bond donors (Lipinski definition) is 0. The number of nitrogens with zero attached hydrogens (tertiary/aromatic N) is 2. The molecule has 2 aromatic heterocycles. The van der Waals surface area contributed by atoms with Gasteiger partial charge in [-0.2, -0.15) is 0 Å². The molecule has 6 heteroatoms. The molecule has 0 N–H and O–H groups in total. The fourth-order valence-corrected chi connectivity index (χ4v) is 5.02. The van der Waals surface area contributed by atoms with Gasteiger partial charge in [0, 0.05) is 16.5 Å². The smallest absolute Gasteiger partial charge is 0.173 e. The van der Waals surface area contributed by atoms with Crippen molar-refractivity contribution in [3.63, 3.8) is 0 Å². The zero-order chi connectivity index (χ0) is 19.7. The Morgan fingerprint density at radius 3 is 2.64 bits per heavy atom. The number of halogens is 1. The summed E-state index contributed by atoms with van der Waals surface area (Å²) >= 11 is 2.98. The molecule has 28 heavy (non-hydrogen) atoms. The van der Waals surface area contributed by atoms with E-state index in [0.29, 0.717) is 17.0 Å². The Labute approximate surface area is 170 Å². The highest BCUT2D eigenvalue weighted by Crippen LogP contribution is 2.38. The standard InChI is InChI=1S/C22H17FN2OS2/c1-13-10-16(8-9-18(13)23)19(26)12-28-22-20-17(15-6-4-3-5-7-15)11-27-21(20)24-14(2)25-22/h3-11H,12H2,1-2H3. The van der Waals surface area contributed by atoms with Crippen LogP contribution in [-0.4, -0.2) is 21.5 Å². The number of benzene rings is 2. The fourth-order valence-electron chi connectivity index (χ4n) is 2.98. The first-order valence-corrected chi connectivity index (χ1v) is 10.6. The van der Waals surface area contributed by atoms with Gasteiger partial charge in [-0.3, -0.25) is 4.79 Å². The van der Waals surface area contributed by atoms with Crippen LogP contribution in [0.3, 0.4) is 0 Å². The molecule has 0 fully saturated rings. The SMILES string of the molecule is Cc1nc(SCC(=O)c2ccc(F)c(C)c2)c2c(-c3ccccc3)csc2n1. The van der Waals surface area contributed by atoms with Gasteiger partial charge in [0.25, 0.3) is 0 Å². The maximum absolute atomic E-state index is 13.5. The van der Waals surface area contributed by atoms with E-state index in [0.717, 1.165) is 26.4 Å². The number of aromatic nitrogens is 2. The van der Waals surface area contributed by atoms with E-state index in [1.54, 1.807) is 24.3 Å². The normalized spacial score (nSPS) is 11.1. The maximum Gasteiger partial charge on any atom is 0.173 e. The predicted octanol–water partition coefficient (Wildman–Crippen LogP) is 6.09. The first-order valence-electron chi connectivity index (χ1n) is 8.76. The Hall–Kier alpha value is -2.57. The van der Waals surface area contributed by atoms with Crippen molar-refractivity contribution in [3.05, 3.63) is 76.7 Å². The molecule has 0 aliphatic carbocycles. The number of thiophene rings is 1. The monoisotopic (exact) mass is 408 g/mol. The molecular formula is C22H17FN2OS2. The Kier molecular flexibility index (Phi) is 5.24. The summed E-state index contributed by atoms with van der Waals surface area (Å²) in [7, 11) is 0. The third kappa shape index (κ3) is 3.70. The zero-order valence-corrected chi connectivity index (χ0v) is 17.0. The van der Waals surface area contributed by atoms with Crippen LogP contribution in [0.5, 0.6) is 0 Å². The molecule has 0 spiro atoms. The molecule has 4 rings (SSSR count). The van der Waals surface area contributed by atoms with E-state index in [1.165, 1.54) is 23.9 Å². The van der Waals surface area contributed by atoms with Gasteiger partial charge in [-0.05, 0) is 43.2 Å². The van der Waals surface area contributed by atoms with Crippen LogP contribution in [0, 0.1) is 19.7 Å². The van der Waals surface area contributed by atoms with Crippen LogP contribution < -0.4 is 0 Å². The lowest BCUT2D eigenvalue weighted by atomic mass is 10.1. The molecular weight excluding hydrogens is 391 g/mol. The van der Waals surface area contributed by atoms with Gasteiger partial charge in [-0.1, -0.05) is 42.1 Å². The first kappa shape index (κ1) is 18.8. The first-order chi connectivity index (χ1) is 13.5. The molecule has 0 aliphatic rings. The summed E-state index contributed by atoms with van der Waals surface area (Å²) in [6.07, 6.45) is 0. The van der Waals surface area contributed by atoms with Crippen LogP contribution in [0.25, 0.3) is 21.3 Å². The second-order valence-corrected chi connectivity index (χ2v) is 8.27. The average molecular weight is 409 g/mol. The number of carbonyl (C=O) groups excluding carboxylic acids is 1.